The van der Waals surface area contributed by atoms with Crippen molar-refractivity contribution in [1.29, 1.82) is 10.5 Å². The summed E-state index contributed by atoms with van der Waals surface area (Å²) in [4.78, 5) is 34.1. The van der Waals surface area contributed by atoms with E-state index in [2.05, 4.69) is 32.7 Å². The first-order chi connectivity index (χ1) is 16.4. The number of nitro benzene ring substituents is 1. The summed E-state index contributed by atoms with van der Waals surface area (Å²) in [5.74, 6) is -1.16. The average Bonchev–Trinajstić information content (AvgIpc) is 2.83. The topological polar surface area (TPSA) is 171 Å². The number of hydrazone groups is 1. The number of carbonyl (C=O) groups excluding carboxylic acids is 2. The van der Waals surface area contributed by atoms with Gasteiger partial charge in [0.1, 0.15) is 5.92 Å². The van der Waals surface area contributed by atoms with E-state index in [4.69, 9.17) is 5.26 Å². The van der Waals surface area contributed by atoms with Gasteiger partial charge >= 0.3 is 6.09 Å². The number of nitriles is 2. The molecule has 34 heavy (non-hydrogen) atoms. The number of hydrogen-bond acceptors (Lipinski definition) is 8. The molecular weight excluding hydrogens is 440 g/mol. The van der Waals surface area contributed by atoms with E-state index in [9.17, 15) is 25.0 Å². The Balaban J connectivity index is 2.08. The molecule has 2 rings (SSSR count). The number of nitro groups is 1. The molecule has 174 valence electrons. The van der Waals surface area contributed by atoms with Crippen molar-refractivity contribution in [2.75, 3.05) is 12.4 Å². The van der Waals surface area contributed by atoms with Crippen LogP contribution in [0.3, 0.4) is 0 Å². The van der Waals surface area contributed by atoms with Crippen molar-refractivity contribution in [3.63, 3.8) is 0 Å². The number of hydrogen-bond donors (Lipinski definition) is 2. The number of carbonyl (C=O) groups is 2. The third-order valence-corrected chi connectivity index (χ3v) is 4.71. The third-order valence-electron chi connectivity index (χ3n) is 4.71. The van der Waals surface area contributed by atoms with E-state index >= 15 is 0 Å². The molecule has 0 unspecified atom stereocenters. The van der Waals surface area contributed by atoms with Crippen molar-refractivity contribution >= 4 is 29.1 Å². The summed E-state index contributed by atoms with van der Waals surface area (Å²) < 4.78 is 4.52. The number of ether oxygens (including phenoxy) is 1. The zero-order valence-electron chi connectivity index (χ0n) is 18.4. The Hall–Kier alpha value is -4.77. The fourth-order valence-electron chi connectivity index (χ4n) is 3.04. The van der Waals surface area contributed by atoms with Gasteiger partial charge in [0.25, 0.3) is 5.69 Å². The van der Waals surface area contributed by atoms with E-state index in [1.807, 2.05) is 0 Å². The van der Waals surface area contributed by atoms with Crippen molar-refractivity contribution in [2.24, 2.45) is 5.10 Å². The summed E-state index contributed by atoms with van der Waals surface area (Å²) >= 11 is 0. The van der Waals surface area contributed by atoms with Crippen molar-refractivity contribution in [3.05, 3.63) is 69.8 Å². The molecule has 0 aliphatic rings. The second kappa shape index (κ2) is 12.9. The van der Waals surface area contributed by atoms with Crippen LogP contribution in [-0.4, -0.2) is 29.7 Å². The summed E-state index contributed by atoms with van der Waals surface area (Å²) in [6.45, 7) is 0. The van der Waals surface area contributed by atoms with Crippen LogP contribution in [0.4, 0.5) is 16.2 Å². The fourth-order valence-corrected chi connectivity index (χ4v) is 3.04. The van der Waals surface area contributed by atoms with Crippen LogP contribution >= 0.6 is 0 Å². The Labute approximate surface area is 195 Å². The van der Waals surface area contributed by atoms with Crippen LogP contribution in [-0.2, 0) is 16.0 Å². The highest BCUT2D eigenvalue weighted by molar-refractivity contribution is 5.95. The molecule has 2 N–H and O–H groups in total. The fraction of sp³-hybridized carbons (Fsp3) is 0.261. The number of benzene rings is 2. The lowest BCUT2D eigenvalue weighted by Gasteiger charge is -2.14. The molecule has 2 aromatic carbocycles. The van der Waals surface area contributed by atoms with Gasteiger partial charge in [0.15, 0.2) is 0 Å². The van der Waals surface area contributed by atoms with Gasteiger partial charge in [-0.05, 0) is 30.0 Å². The molecule has 0 aliphatic carbocycles. The van der Waals surface area contributed by atoms with Gasteiger partial charge in [0, 0.05) is 24.2 Å². The van der Waals surface area contributed by atoms with Gasteiger partial charge in [-0.2, -0.15) is 15.6 Å². The molecule has 2 aromatic rings. The minimum Gasteiger partial charge on any atom is -0.452 e. The standard InChI is InChI=1S/C23H22N6O5/c1-34-23(31)28-27-21(20(15-25)17-10-8-16(9-11-17)12-13-24)6-3-7-22(30)26-18-4-2-5-19(14-18)29(32)33/h2,4-5,8-11,14,20H,3,6-7,12H2,1H3,(H,26,30)(H,28,31)/b27-21-/t20-/m0/s1. The maximum Gasteiger partial charge on any atom is 0.427 e. The quantitative estimate of drug-likeness (QED) is 0.307. The van der Waals surface area contributed by atoms with E-state index in [0.717, 1.165) is 5.56 Å². The predicted octanol–water partition coefficient (Wildman–Crippen LogP) is 3.79. The van der Waals surface area contributed by atoms with E-state index in [0.29, 0.717) is 23.4 Å². The number of anilines is 1. The Kier molecular flexibility index (Phi) is 9.70. The van der Waals surface area contributed by atoms with Gasteiger partial charge in [0.2, 0.25) is 5.91 Å². The molecule has 1 atom stereocenters. The number of methoxy groups -OCH3 is 1. The van der Waals surface area contributed by atoms with Crippen molar-refractivity contribution in [1.82, 2.24) is 5.43 Å². The SMILES string of the molecule is COC(=O)N/N=C(/CCCC(=O)Nc1cccc([N+](=O)[O-])c1)[C@@H](C#N)c1ccc(CC#N)cc1. The highest BCUT2D eigenvalue weighted by Crippen LogP contribution is 2.22. The summed E-state index contributed by atoms with van der Waals surface area (Å²) in [5, 5.41) is 36.1. The molecular formula is C23H22N6O5. The largest absolute Gasteiger partial charge is 0.452 e. The van der Waals surface area contributed by atoms with Crippen LogP contribution in [0.5, 0.6) is 0 Å². The second-order valence-electron chi connectivity index (χ2n) is 7.05. The van der Waals surface area contributed by atoms with E-state index in [1.165, 1.54) is 25.3 Å². The molecule has 11 heteroatoms. The molecule has 11 nitrogen and oxygen atoms in total. The number of non-ortho nitro benzene ring substituents is 1. The van der Waals surface area contributed by atoms with Gasteiger partial charge in [0.05, 0.1) is 36.3 Å². The minimum atomic E-state index is -0.804. The van der Waals surface area contributed by atoms with Crippen LogP contribution in [0.25, 0.3) is 0 Å². The zero-order valence-corrected chi connectivity index (χ0v) is 18.4. The minimum absolute atomic E-state index is 0.0548. The molecule has 0 aromatic heterocycles. The van der Waals surface area contributed by atoms with Crippen molar-refractivity contribution < 1.29 is 19.2 Å². The molecule has 0 saturated heterocycles. The molecule has 0 aliphatic heterocycles. The highest BCUT2D eigenvalue weighted by Gasteiger charge is 2.19. The number of nitrogens with zero attached hydrogens (tertiary/aromatic N) is 4. The van der Waals surface area contributed by atoms with E-state index < -0.39 is 16.9 Å². The maximum absolute atomic E-state index is 12.3. The lowest BCUT2D eigenvalue weighted by molar-refractivity contribution is -0.384. The molecule has 2 amide bonds. The van der Waals surface area contributed by atoms with Crippen LogP contribution in [0.2, 0.25) is 0 Å². The van der Waals surface area contributed by atoms with Crippen molar-refractivity contribution in [3.8, 4) is 12.1 Å². The monoisotopic (exact) mass is 462 g/mol. The van der Waals surface area contributed by atoms with Gasteiger partial charge in [-0.1, -0.05) is 30.3 Å². The van der Waals surface area contributed by atoms with Crippen LogP contribution in [0, 0.1) is 32.8 Å². The van der Waals surface area contributed by atoms with Crippen LogP contribution in [0.15, 0.2) is 53.6 Å². The van der Waals surface area contributed by atoms with Crippen molar-refractivity contribution in [2.45, 2.75) is 31.6 Å². The maximum atomic E-state index is 12.3. The Morgan fingerprint density at radius 1 is 1.18 bits per heavy atom. The molecule has 0 bridgehead atoms. The predicted molar refractivity (Wildman–Crippen MR) is 123 cm³/mol. The zero-order chi connectivity index (χ0) is 24.9. The number of nitrogens with one attached hydrogen (secondary N) is 2. The third kappa shape index (κ3) is 7.73. The smallest absolute Gasteiger partial charge is 0.427 e. The van der Waals surface area contributed by atoms with Gasteiger partial charge in [-0.3, -0.25) is 14.9 Å². The van der Waals surface area contributed by atoms with Gasteiger partial charge < -0.3 is 10.1 Å². The Bertz CT molecular complexity index is 1150. The first kappa shape index (κ1) is 25.5. The number of amides is 2. The van der Waals surface area contributed by atoms with Gasteiger partial charge in [-0.25, -0.2) is 10.2 Å². The normalized spacial score (nSPS) is 11.4. The first-order valence-electron chi connectivity index (χ1n) is 10.2. The Morgan fingerprint density at radius 3 is 2.53 bits per heavy atom. The first-order valence-corrected chi connectivity index (χ1v) is 10.2. The molecule has 0 heterocycles. The summed E-state index contributed by atoms with van der Waals surface area (Å²) in [7, 11) is 1.18. The highest BCUT2D eigenvalue weighted by atomic mass is 16.6. The molecule has 0 radical (unpaired) electrons. The lowest BCUT2D eigenvalue weighted by atomic mass is 9.91. The van der Waals surface area contributed by atoms with Crippen LogP contribution < -0.4 is 10.7 Å². The summed E-state index contributed by atoms with van der Waals surface area (Å²) in [6.07, 6.45) is 0.000722. The second-order valence-corrected chi connectivity index (χ2v) is 7.05. The van der Waals surface area contributed by atoms with Gasteiger partial charge in [-0.15, -0.1) is 0 Å². The lowest BCUT2D eigenvalue weighted by Crippen LogP contribution is -2.22. The summed E-state index contributed by atoms with van der Waals surface area (Å²) in [5.41, 5.74) is 4.11. The molecule has 0 saturated carbocycles. The van der Waals surface area contributed by atoms with E-state index in [-0.39, 0.29) is 30.9 Å². The average molecular weight is 462 g/mol. The Morgan fingerprint density at radius 2 is 1.91 bits per heavy atom. The number of rotatable bonds is 10. The molecule has 0 spiro atoms. The summed E-state index contributed by atoms with van der Waals surface area (Å²) in [6, 6.07) is 16.7. The van der Waals surface area contributed by atoms with E-state index in [1.54, 1.807) is 30.3 Å². The van der Waals surface area contributed by atoms with Crippen LogP contribution in [0.1, 0.15) is 36.3 Å². The molecule has 0 fully saturated rings.